The van der Waals surface area contributed by atoms with E-state index in [2.05, 4.69) is 15.0 Å². The van der Waals surface area contributed by atoms with Crippen LogP contribution in [0.25, 0.3) is 0 Å². The van der Waals surface area contributed by atoms with Gasteiger partial charge in [0.2, 0.25) is 20.0 Å². The molecule has 3 aromatic heterocycles. The summed E-state index contributed by atoms with van der Waals surface area (Å²) in [6.45, 7) is -0.126. The van der Waals surface area contributed by atoms with Gasteiger partial charge in [0.15, 0.2) is 11.6 Å². The van der Waals surface area contributed by atoms with E-state index in [1.165, 1.54) is 0 Å². The number of alkyl halides is 9. The summed E-state index contributed by atoms with van der Waals surface area (Å²) in [5.74, 6) is -1.87. The molecular weight excluding hydrogens is 799 g/mol. The number of aromatic nitrogens is 3. The maximum atomic E-state index is 12.9. The summed E-state index contributed by atoms with van der Waals surface area (Å²) in [5, 5.41) is 19.9. The molecule has 286 valence electrons. The average Bonchev–Trinajstić information content (AvgIpc) is 3.55. The third kappa shape index (κ3) is 9.96. The van der Waals surface area contributed by atoms with Crippen LogP contribution in [0.1, 0.15) is 29.5 Å². The van der Waals surface area contributed by atoms with Crippen LogP contribution in [0.5, 0.6) is 0 Å². The highest BCUT2D eigenvalue weighted by molar-refractivity contribution is 7.93. The van der Waals surface area contributed by atoms with Gasteiger partial charge in [0.25, 0.3) is 11.4 Å². The van der Waals surface area contributed by atoms with E-state index in [4.69, 9.17) is 17.3 Å². The van der Waals surface area contributed by atoms with Gasteiger partial charge >= 0.3 is 18.5 Å². The molecular formula is C24H20ClF9N8O8S2. The SMILES string of the molecule is Nc1cnc(N2CCCS2(=O)=O)c(C(F)(F)F)c1.O=[N+]([O-])c1cnc(Cl)c(C(F)(F)F)c1.O=[N+]([O-])c1cnc(N2CCCS2(=O)=O)c(C(F)(F)F)c1. The van der Waals surface area contributed by atoms with Crippen LogP contribution in [-0.4, -0.2) is 66.2 Å². The first kappa shape index (κ1) is 41.6. The van der Waals surface area contributed by atoms with Crippen molar-refractivity contribution in [3.05, 3.63) is 78.9 Å². The minimum absolute atomic E-state index is 0.00231. The minimum Gasteiger partial charge on any atom is -0.397 e. The van der Waals surface area contributed by atoms with Crippen molar-refractivity contribution in [1.29, 1.82) is 0 Å². The van der Waals surface area contributed by atoms with Gasteiger partial charge in [-0.3, -0.25) is 28.8 Å². The van der Waals surface area contributed by atoms with Crippen molar-refractivity contribution in [2.24, 2.45) is 0 Å². The van der Waals surface area contributed by atoms with Gasteiger partial charge in [0.1, 0.15) is 28.7 Å². The second kappa shape index (κ2) is 15.1. The first-order chi connectivity index (χ1) is 23.7. The summed E-state index contributed by atoms with van der Waals surface area (Å²) in [6, 6.07) is 1.32. The predicted octanol–water partition coefficient (Wildman–Crippen LogP) is 5.43. The molecule has 2 fully saturated rings. The second-order valence-corrected chi connectivity index (χ2v) is 14.6. The fraction of sp³-hybridized carbons (Fsp3) is 0.375. The highest BCUT2D eigenvalue weighted by Gasteiger charge is 2.42. The maximum Gasteiger partial charge on any atom is 0.420 e. The Balaban J connectivity index is 0.000000214. The Morgan fingerprint density at radius 3 is 1.38 bits per heavy atom. The highest BCUT2D eigenvalue weighted by Crippen LogP contribution is 2.40. The van der Waals surface area contributed by atoms with Gasteiger partial charge in [-0.15, -0.1) is 0 Å². The van der Waals surface area contributed by atoms with E-state index in [0.717, 1.165) is 6.20 Å². The summed E-state index contributed by atoms with van der Waals surface area (Å²) in [6.07, 6.45) is -11.6. The van der Waals surface area contributed by atoms with Crippen molar-refractivity contribution >= 4 is 60.3 Å². The third-order valence-corrected chi connectivity index (χ3v) is 10.5. The van der Waals surface area contributed by atoms with E-state index in [0.29, 0.717) is 33.1 Å². The quantitative estimate of drug-likeness (QED) is 0.150. The van der Waals surface area contributed by atoms with Crippen LogP contribution in [0.2, 0.25) is 5.15 Å². The summed E-state index contributed by atoms with van der Waals surface area (Å²) in [5.41, 5.74) is -0.378. The third-order valence-electron chi connectivity index (χ3n) is 6.57. The lowest BCUT2D eigenvalue weighted by atomic mass is 10.2. The molecule has 0 aromatic carbocycles. The van der Waals surface area contributed by atoms with Gasteiger partial charge < -0.3 is 5.73 Å². The van der Waals surface area contributed by atoms with E-state index in [1.54, 1.807) is 0 Å². The summed E-state index contributed by atoms with van der Waals surface area (Å²) >= 11 is 5.13. The molecule has 2 saturated heterocycles. The number of halogens is 10. The average molecular weight is 819 g/mol. The molecule has 0 saturated carbocycles. The van der Waals surface area contributed by atoms with Crippen LogP contribution >= 0.6 is 11.6 Å². The largest absolute Gasteiger partial charge is 0.420 e. The molecule has 5 heterocycles. The number of nitrogens with two attached hydrogens (primary N) is 1. The number of nitrogen functional groups attached to an aromatic ring is 1. The number of sulfonamides is 2. The molecule has 3 aromatic rings. The van der Waals surface area contributed by atoms with Crippen LogP contribution in [0.4, 0.5) is 68.2 Å². The summed E-state index contributed by atoms with van der Waals surface area (Å²) < 4.78 is 161. The van der Waals surface area contributed by atoms with Crippen LogP contribution in [-0.2, 0) is 38.6 Å². The molecule has 0 atom stereocenters. The van der Waals surface area contributed by atoms with E-state index in [9.17, 15) is 76.6 Å². The number of hydrogen-bond donors (Lipinski definition) is 1. The molecule has 2 aliphatic rings. The first-order valence-electron chi connectivity index (χ1n) is 13.6. The number of nitrogens with zero attached hydrogens (tertiary/aromatic N) is 7. The van der Waals surface area contributed by atoms with Gasteiger partial charge in [0, 0.05) is 25.2 Å². The summed E-state index contributed by atoms with van der Waals surface area (Å²) in [7, 11) is -7.56. The monoisotopic (exact) mass is 818 g/mol. The van der Waals surface area contributed by atoms with Gasteiger partial charge in [-0.25, -0.2) is 31.8 Å². The number of rotatable bonds is 4. The van der Waals surface area contributed by atoms with E-state index in [-0.39, 0.29) is 49.2 Å². The lowest BCUT2D eigenvalue weighted by Gasteiger charge is -2.20. The lowest BCUT2D eigenvalue weighted by Crippen LogP contribution is -2.28. The zero-order chi connectivity index (χ0) is 39.6. The zero-order valence-corrected chi connectivity index (χ0v) is 27.7. The molecule has 0 aliphatic carbocycles. The molecule has 2 N–H and O–H groups in total. The molecule has 0 unspecified atom stereocenters. The molecule has 0 bridgehead atoms. The lowest BCUT2D eigenvalue weighted by molar-refractivity contribution is -0.385. The highest BCUT2D eigenvalue weighted by atomic mass is 35.5. The Labute approximate surface area is 290 Å². The van der Waals surface area contributed by atoms with Crippen LogP contribution in [0.3, 0.4) is 0 Å². The smallest absolute Gasteiger partial charge is 0.397 e. The van der Waals surface area contributed by atoms with E-state index >= 15 is 0 Å². The number of hydrogen-bond acceptors (Lipinski definition) is 12. The molecule has 28 heteroatoms. The minimum atomic E-state index is -4.94. The molecule has 5 rings (SSSR count). The Hall–Kier alpha value is -4.79. The second-order valence-electron chi connectivity index (χ2n) is 10.2. The van der Waals surface area contributed by atoms with Gasteiger partial charge in [-0.05, 0) is 18.9 Å². The normalized spacial score (nSPS) is 16.7. The Morgan fingerprint density at radius 1 is 0.654 bits per heavy atom. The van der Waals surface area contributed by atoms with Crippen molar-refractivity contribution in [3.8, 4) is 0 Å². The van der Waals surface area contributed by atoms with Crippen LogP contribution in [0, 0.1) is 20.2 Å². The Morgan fingerprint density at radius 2 is 1.02 bits per heavy atom. The molecule has 0 spiro atoms. The molecule has 52 heavy (non-hydrogen) atoms. The molecule has 16 nitrogen and oxygen atoms in total. The fourth-order valence-electron chi connectivity index (χ4n) is 4.33. The Kier molecular flexibility index (Phi) is 12.1. The zero-order valence-electron chi connectivity index (χ0n) is 25.3. The fourth-order valence-corrected chi connectivity index (χ4v) is 7.60. The molecule has 0 radical (unpaired) electrons. The van der Waals surface area contributed by atoms with E-state index < -0.39 is 93.3 Å². The topological polar surface area (TPSA) is 226 Å². The van der Waals surface area contributed by atoms with Gasteiger partial charge in [-0.1, -0.05) is 11.6 Å². The Bertz CT molecular complexity index is 2070. The van der Waals surface area contributed by atoms with Crippen LogP contribution in [0.15, 0.2) is 36.8 Å². The predicted molar refractivity (Wildman–Crippen MR) is 162 cm³/mol. The standard InChI is InChI=1S/C9H8F3N3O4S.C9H10F3N3O2S.C6H2ClF3N2O2/c10-9(11,12)7-4-6(15(16)17)5-13-8(7)14-2-1-3-20(14,18)19;10-9(11,12)7-4-6(13)5-14-8(7)15-2-1-3-18(15,16)17;7-5-4(6(8,9)10)1-3(2-11-5)12(13)14/h4-5H,1-3H2;4-5H,1-3,13H2;1-2H. The summed E-state index contributed by atoms with van der Waals surface area (Å²) in [4.78, 5) is 28.6. The van der Waals surface area contributed by atoms with Crippen molar-refractivity contribution in [2.45, 2.75) is 31.4 Å². The van der Waals surface area contributed by atoms with Crippen LogP contribution < -0.4 is 14.3 Å². The van der Waals surface area contributed by atoms with Gasteiger partial charge in [0.05, 0.1) is 38.8 Å². The van der Waals surface area contributed by atoms with Crippen molar-refractivity contribution < 1.29 is 66.2 Å². The number of pyridine rings is 3. The molecule has 2 aliphatic heterocycles. The van der Waals surface area contributed by atoms with Crippen molar-refractivity contribution in [1.82, 2.24) is 15.0 Å². The number of anilines is 3. The van der Waals surface area contributed by atoms with Crippen molar-refractivity contribution in [2.75, 3.05) is 38.9 Å². The first-order valence-corrected chi connectivity index (χ1v) is 17.2. The van der Waals surface area contributed by atoms with Crippen molar-refractivity contribution in [3.63, 3.8) is 0 Å². The molecule has 0 amide bonds. The van der Waals surface area contributed by atoms with E-state index in [1.807, 2.05) is 0 Å². The number of nitro groups is 2. The maximum absolute atomic E-state index is 12.9. The van der Waals surface area contributed by atoms with Gasteiger partial charge in [-0.2, -0.15) is 39.5 Å².